The highest BCUT2D eigenvalue weighted by Crippen LogP contribution is 2.27. The van der Waals surface area contributed by atoms with E-state index in [9.17, 15) is 16.8 Å². The lowest BCUT2D eigenvalue weighted by molar-refractivity contribution is 0.556. The van der Waals surface area contributed by atoms with E-state index in [0.29, 0.717) is 0 Å². The van der Waals surface area contributed by atoms with E-state index in [2.05, 4.69) is 18.0 Å². The molecule has 0 saturated carbocycles. The van der Waals surface area contributed by atoms with Crippen LogP contribution in [0.5, 0.6) is 0 Å². The molecule has 7 heteroatoms. The van der Waals surface area contributed by atoms with Gasteiger partial charge in [-0.15, -0.1) is 0 Å². The molecular weight excluding hydrogens is 575 g/mol. The molecule has 0 bridgehead atoms. The Balaban J connectivity index is 1.70. The smallest absolute Gasteiger partial charge is 0.112 e. The minimum atomic E-state index is -4.33. The first kappa shape index (κ1) is 37.5. The molecule has 0 saturated heterocycles. The molecule has 0 atom stereocenters. The summed E-state index contributed by atoms with van der Waals surface area (Å²) in [5.74, 6) is 0. The van der Waals surface area contributed by atoms with Crippen molar-refractivity contribution in [2.24, 2.45) is 0 Å². The molecule has 2 aromatic rings. The third-order valence-electron chi connectivity index (χ3n) is 8.28. The third kappa shape index (κ3) is 16.3. The molecule has 0 spiro atoms. The van der Waals surface area contributed by atoms with Crippen molar-refractivity contribution in [3.63, 3.8) is 0 Å². The Kier molecular flexibility index (Phi) is 19.1. The van der Waals surface area contributed by atoms with Gasteiger partial charge in [-0.2, -0.15) is 0 Å². The lowest BCUT2D eigenvalue weighted by atomic mass is 10.0. The van der Waals surface area contributed by atoms with Gasteiger partial charge < -0.3 is 4.13 Å². The molecule has 0 heterocycles. The summed E-state index contributed by atoms with van der Waals surface area (Å²) in [7, 11) is -8.66. The van der Waals surface area contributed by atoms with Gasteiger partial charge in [-0.3, -0.25) is 0 Å². The van der Waals surface area contributed by atoms with Crippen LogP contribution in [-0.2, 0) is 32.9 Å². The number of hydrogen-bond donors (Lipinski definition) is 0. The van der Waals surface area contributed by atoms with Gasteiger partial charge in [0, 0.05) is 9.79 Å². The van der Waals surface area contributed by atoms with Crippen molar-refractivity contribution in [1.29, 1.82) is 0 Å². The molecule has 2 rings (SSSR count). The molecule has 0 aliphatic heterocycles. The minimum absolute atomic E-state index is 0.0968. The second-order valence-corrected chi connectivity index (χ2v) is 15.6. The SMILES string of the molecule is CCCCCCCCCCCCc1ccc(S(=O)(=O)[N-]S(=O)(=O)c2ccc(CCCCCCCCCCCC)cc2)cc1. The fourth-order valence-corrected chi connectivity index (χ4v) is 8.19. The van der Waals surface area contributed by atoms with Crippen molar-refractivity contribution >= 4 is 20.0 Å². The maximum atomic E-state index is 12.8. The molecule has 0 aromatic heterocycles. The molecule has 0 fully saturated rings. The van der Waals surface area contributed by atoms with Crippen LogP contribution in [0.1, 0.15) is 153 Å². The Hall–Kier alpha value is -1.70. The molecule has 0 radical (unpaired) electrons. The van der Waals surface area contributed by atoms with E-state index in [1.807, 2.05) is 0 Å². The van der Waals surface area contributed by atoms with Crippen LogP contribution in [-0.4, -0.2) is 16.8 Å². The zero-order valence-electron chi connectivity index (χ0n) is 27.1. The molecule has 0 unspecified atom stereocenters. The Morgan fingerprint density at radius 2 is 0.651 bits per heavy atom. The molecule has 5 nitrogen and oxygen atoms in total. The highest BCUT2D eigenvalue weighted by atomic mass is 32.3. The van der Waals surface area contributed by atoms with Crippen molar-refractivity contribution in [3.05, 3.63) is 63.8 Å². The van der Waals surface area contributed by atoms with E-state index in [1.165, 1.54) is 140 Å². The quantitative estimate of drug-likeness (QED) is 0.0966. The van der Waals surface area contributed by atoms with Crippen LogP contribution in [0.25, 0.3) is 4.13 Å². The maximum absolute atomic E-state index is 12.8. The van der Waals surface area contributed by atoms with Gasteiger partial charge in [-0.1, -0.05) is 154 Å². The largest absolute Gasteiger partial charge is 0.428 e. The summed E-state index contributed by atoms with van der Waals surface area (Å²) in [6, 6.07) is 12.9. The van der Waals surface area contributed by atoms with E-state index in [4.69, 9.17) is 0 Å². The first-order valence-electron chi connectivity index (χ1n) is 17.2. The second kappa shape index (κ2) is 21.9. The van der Waals surface area contributed by atoms with Gasteiger partial charge in [0.15, 0.2) is 0 Å². The summed E-state index contributed by atoms with van der Waals surface area (Å²) in [6.07, 6.45) is 27.2. The normalized spacial score (nSPS) is 12.1. The Bertz CT molecular complexity index is 1100. The number of benzene rings is 2. The zero-order chi connectivity index (χ0) is 31.2. The van der Waals surface area contributed by atoms with Gasteiger partial charge in [0.05, 0.1) is 0 Å². The fraction of sp³-hybridized carbons (Fsp3) is 0.667. The van der Waals surface area contributed by atoms with Crippen LogP contribution in [0.3, 0.4) is 0 Å². The van der Waals surface area contributed by atoms with Gasteiger partial charge in [0.2, 0.25) is 0 Å². The molecule has 0 aliphatic carbocycles. The van der Waals surface area contributed by atoms with Gasteiger partial charge >= 0.3 is 0 Å². The van der Waals surface area contributed by atoms with Crippen molar-refractivity contribution in [3.8, 4) is 0 Å². The summed E-state index contributed by atoms with van der Waals surface area (Å²) in [5, 5.41) is 0. The first-order valence-corrected chi connectivity index (χ1v) is 20.1. The third-order valence-corrected chi connectivity index (χ3v) is 11.6. The second-order valence-electron chi connectivity index (χ2n) is 12.2. The number of hydrogen-bond acceptors (Lipinski definition) is 4. The number of unbranched alkanes of at least 4 members (excludes halogenated alkanes) is 18. The lowest BCUT2D eigenvalue weighted by Gasteiger charge is -2.21. The highest BCUT2D eigenvalue weighted by molar-refractivity contribution is 8.12. The van der Waals surface area contributed by atoms with Crippen LogP contribution >= 0.6 is 0 Å². The van der Waals surface area contributed by atoms with Gasteiger partial charge in [-0.25, -0.2) is 16.8 Å². The van der Waals surface area contributed by atoms with E-state index in [-0.39, 0.29) is 9.79 Å². The average Bonchev–Trinajstić information content (AvgIpc) is 2.99. The van der Waals surface area contributed by atoms with Crippen molar-refractivity contribution in [1.82, 2.24) is 0 Å². The highest BCUT2D eigenvalue weighted by Gasteiger charge is 2.13. The Morgan fingerprint density at radius 1 is 0.395 bits per heavy atom. The van der Waals surface area contributed by atoms with Crippen LogP contribution in [0.4, 0.5) is 0 Å². The molecule has 0 aliphatic rings. The number of sulfonamides is 2. The monoisotopic (exact) mass is 632 g/mol. The van der Waals surface area contributed by atoms with Crippen LogP contribution < -0.4 is 0 Å². The van der Waals surface area contributed by atoms with Gasteiger partial charge in [0.1, 0.15) is 20.0 Å². The molecule has 0 N–H and O–H groups in total. The van der Waals surface area contributed by atoms with Crippen LogP contribution in [0.15, 0.2) is 58.3 Å². The van der Waals surface area contributed by atoms with Crippen molar-refractivity contribution < 1.29 is 16.8 Å². The van der Waals surface area contributed by atoms with E-state index >= 15 is 0 Å². The Labute approximate surface area is 264 Å². The summed E-state index contributed by atoms with van der Waals surface area (Å²) in [5.41, 5.74) is 2.11. The maximum Gasteiger partial charge on any atom is 0.112 e. The lowest BCUT2D eigenvalue weighted by Crippen LogP contribution is -2.08. The van der Waals surface area contributed by atoms with Crippen molar-refractivity contribution in [2.45, 2.75) is 165 Å². The zero-order valence-corrected chi connectivity index (χ0v) is 28.7. The van der Waals surface area contributed by atoms with E-state index in [1.54, 1.807) is 24.3 Å². The molecule has 244 valence electrons. The van der Waals surface area contributed by atoms with Crippen molar-refractivity contribution in [2.75, 3.05) is 0 Å². The average molecular weight is 633 g/mol. The molecule has 2 aromatic carbocycles. The first-order chi connectivity index (χ1) is 20.8. The summed E-state index contributed by atoms with van der Waals surface area (Å²) in [6.45, 7) is 4.48. The van der Waals surface area contributed by atoms with Crippen LogP contribution in [0.2, 0.25) is 0 Å². The predicted molar refractivity (Wildman–Crippen MR) is 182 cm³/mol. The van der Waals surface area contributed by atoms with Gasteiger partial charge in [0.25, 0.3) is 0 Å². The van der Waals surface area contributed by atoms with E-state index in [0.717, 1.165) is 36.8 Å². The number of nitrogens with zero attached hydrogens (tertiary/aromatic N) is 1. The summed E-state index contributed by atoms with van der Waals surface area (Å²) < 4.78 is 54.6. The molecule has 0 amide bonds. The summed E-state index contributed by atoms with van der Waals surface area (Å²) >= 11 is 0. The predicted octanol–water partition coefficient (Wildman–Crippen LogP) is 11.1. The van der Waals surface area contributed by atoms with Gasteiger partial charge in [-0.05, 0) is 61.1 Å². The number of rotatable bonds is 26. The van der Waals surface area contributed by atoms with Crippen LogP contribution in [0, 0.1) is 0 Å². The Morgan fingerprint density at radius 3 is 0.930 bits per heavy atom. The molecule has 43 heavy (non-hydrogen) atoms. The number of aryl methyl sites for hydroxylation is 2. The molecular formula is C36H58NO4S2-. The minimum Gasteiger partial charge on any atom is -0.428 e. The van der Waals surface area contributed by atoms with E-state index < -0.39 is 20.0 Å². The summed E-state index contributed by atoms with van der Waals surface area (Å²) in [4.78, 5) is -0.194. The fourth-order valence-electron chi connectivity index (χ4n) is 5.50. The standard InChI is InChI=1S/C36H58NO4S2/c1-3-5-7-9-11-13-15-17-19-21-23-33-25-29-35(30-26-33)42(38,39)37-43(40,41)36-31-27-34(28-32-36)24-22-20-18-16-14-12-10-8-6-4-2/h25-32H,3-24H2,1-2H3/q-1. The topological polar surface area (TPSA) is 82.4 Å².